The largest absolute Gasteiger partial charge is 0.444 e. The minimum absolute atomic E-state index is 0.246. The Kier molecular flexibility index (Phi) is 4.98. The highest BCUT2D eigenvalue weighted by molar-refractivity contribution is 5.80. The third-order valence-corrected chi connectivity index (χ3v) is 3.45. The van der Waals surface area contributed by atoms with Crippen LogP contribution >= 0.6 is 0 Å². The fourth-order valence-corrected chi connectivity index (χ4v) is 2.23. The second kappa shape index (κ2) is 7.52. The SMILES string of the molecule is CNCc1ccc(C=NNc2ccc(-c3cnco3)cc2)cc1F. The van der Waals surface area contributed by atoms with Crippen molar-refractivity contribution >= 4 is 11.9 Å². The summed E-state index contributed by atoms with van der Waals surface area (Å²) in [6, 6.07) is 12.6. The van der Waals surface area contributed by atoms with Crippen molar-refractivity contribution in [2.45, 2.75) is 6.54 Å². The van der Waals surface area contributed by atoms with Gasteiger partial charge in [-0.2, -0.15) is 5.10 Å². The molecule has 2 aromatic carbocycles. The van der Waals surface area contributed by atoms with Gasteiger partial charge in [0.15, 0.2) is 12.2 Å². The molecule has 0 saturated carbocycles. The van der Waals surface area contributed by atoms with Crippen molar-refractivity contribution in [2.75, 3.05) is 12.5 Å². The molecule has 6 heteroatoms. The van der Waals surface area contributed by atoms with E-state index in [9.17, 15) is 4.39 Å². The zero-order valence-electron chi connectivity index (χ0n) is 13.2. The summed E-state index contributed by atoms with van der Waals surface area (Å²) in [7, 11) is 1.78. The van der Waals surface area contributed by atoms with Crippen LogP contribution in [0.5, 0.6) is 0 Å². The lowest BCUT2D eigenvalue weighted by atomic mass is 10.1. The lowest BCUT2D eigenvalue weighted by Crippen LogP contribution is -2.07. The molecule has 1 aromatic heterocycles. The molecule has 0 radical (unpaired) electrons. The highest BCUT2D eigenvalue weighted by atomic mass is 19.1. The average molecular weight is 324 g/mol. The van der Waals surface area contributed by atoms with Gasteiger partial charge in [-0.15, -0.1) is 0 Å². The summed E-state index contributed by atoms with van der Waals surface area (Å²) >= 11 is 0. The van der Waals surface area contributed by atoms with Gasteiger partial charge in [0.1, 0.15) is 5.82 Å². The molecule has 0 fully saturated rings. The van der Waals surface area contributed by atoms with E-state index in [0.717, 1.165) is 11.3 Å². The van der Waals surface area contributed by atoms with Gasteiger partial charge < -0.3 is 9.73 Å². The van der Waals surface area contributed by atoms with E-state index in [0.29, 0.717) is 23.4 Å². The van der Waals surface area contributed by atoms with Crippen molar-refractivity contribution in [1.29, 1.82) is 0 Å². The molecule has 0 atom stereocenters. The molecule has 0 bridgehead atoms. The first-order chi connectivity index (χ1) is 11.8. The molecule has 0 aliphatic heterocycles. The third-order valence-electron chi connectivity index (χ3n) is 3.45. The number of anilines is 1. The summed E-state index contributed by atoms with van der Waals surface area (Å²) in [5.74, 6) is 0.465. The molecule has 0 spiro atoms. The van der Waals surface area contributed by atoms with Gasteiger partial charge in [0.2, 0.25) is 0 Å². The van der Waals surface area contributed by atoms with Gasteiger partial charge >= 0.3 is 0 Å². The maximum atomic E-state index is 13.8. The number of rotatable bonds is 6. The number of nitrogens with zero attached hydrogens (tertiary/aromatic N) is 2. The zero-order chi connectivity index (χ0) is 16.8. The number of halogens is 1. The smallest absolute Gasteiger partial charge is 0.181 e. The van der Waals surface area contributed by atoms with Crippen LogP contribution in [0.25, 0.3) is 11.3 Å². The van der Waals surface area contributed by atoms with Crippen molar-refractivity contribution in [1.82, 2.24) is 10.3 Å². The van der Waals surface area contributed by atoms with Crippen LogP contribution in [0.3, 0.4) is 0 Å². The molecule has 3 rings (SSSR count). The van der Waals surface area contributed by atoms with Crippen molar-refractivity contribution in [3.63, 3.8) is 0 Å². The summed E-state index contributed by atoms with van der Waals surface area (Å²) in [5.41, 5.74) is 5.99. The van der Waals surface area contributed by atoms with Crippen molar-refractivity contribution < 1.29 is 8.81 Å². The van der Waals surface area contributed by atoms with Crippen LogP contribution in [0.15, 0.2) is 64.6 Å². The Bertz CT molecular complexity index is 814. The highest BCUT2D eigenvalue weighted by Crippen LogP contribution is 2.20. The van der Waals surface area contributed by atoms with E-state index in [1.807, 2.05) is 30.3 Å². The molecule has 0 amide bonds. The second-order valence-electron chi connectivity index (χ2n) is 5.19. The van der Waals surface area contributed by atoms with Gasteiger partial charge in [0, 0.05) is 17.7 Å². The van der Waals surface area contributed by atoms with Crippen LogP contribution in [0.1, 0.15) is 11.1 Å². The average Bonchev–Trinajstić information content (AvgIpc) is 3.13. The number of hydrogen-bond acceptors (Lipinski definition) is 5. The van der Waals surface area contributed by atoms with E-state index in [4.69, 9.17) is 4.42 Å². The van der Waals surface area contributed by atoms with Gasteiger partial charge in [-0.25, -0.2) is 9.37 Å². The van der Waals surface area contributed by atoms with Gasteiger partial charge in [0.25, 0.3) is 0 Å². The fourth-order valence-electron chi connectivity index (χ4n) is 2.23. The minimum Gasteiger partial charge on any atom is -0.444 e. The molecule has 122 valence electrons. The maximum Gasteiger partial charge on any atom is 0.181 e. The number of oxazole rings is 1. The van der Waals surface area contributed by atoms with Crippen LogP contribution in [0, 0.1) is 5.82 Å². The molecule has 0 aliphatic carbocycles. The van der Waals surface area contributed by atoms with Crippen LogP contribution in [-0.2, 0) is 6.54 Å². The Hall–Kier alpha value is -2.99. The van der Waals surface area contributed by atoms with Gasteiger partial charge in [0.05, 0.1) is 18.1 Å². The van der Waals surface area contributed by atoms with E-state index < -0.39 is 0 Å². The Balaban J connectivity index is 1.63. The van der Waals surface area contributed by atoms with Crippen molar-refractivity contribution in [2.24, 2.45) is 5.10 Å². The van der Waals surface area contributed by atoms with E-state index in [-0.39, 0.29) is 5.82 Å². The zero-order valence-corrected chi connectivity index (χ0v) is 13.2. The molecular formula is C18H17FN4O. The summed E-state index contributed by atoms with van der Waals surface area (Å²) in [6.45, 7) is 0.499. The van der Waals surface area contributed by atoms with Crippen LogP contribution in [0.2, 0.25) is 0 Å². The monoisotopic (exact) mass is 324 g/mol. The first kappa shape index (κ1) is 15.9. The molecule has 24 heavy (non-hydrogen) atoms. The van der Waals surface area contributed by atoms with E-state index in [1.165, 1.54) is 12.5 Å². The molecule has 0 aliphatic rings. The maximum absolute atomic E-state index is 13.8. The van der Waals surface area contributed by atoms with Gasteiger partial charge in [-0.05, 0) is 42.9 Å². The molecule has 1 heterocycles. The molecule has 0 saturated heterocycles. The van der Waals surface area contributed by atoms with Crippen LogP contribution < -0.4 is 10.7 Å². The van der Waals surface area contributed by atoms with Crippen LogP contribution in [0.4, 0.5) is 10.1 Å². The Morgan fingerprint density at radius 3 is 2.71 bits per heavy atom. The number of aromatic nitrogens is 1. The predicted octanol–water partition coefficient (Wildman–Crippen LogP) is 3.65. The second-order valence-corrected chi connectivity index (χ2v) is 5.19. The summed E-state index contributed by atoms with van der Waals surface area (Å²) < 4.78 is 19.1. The number of nitrogens with one attached hydrogen (secondary N) is 2. The van der Waals surface area contributed by atoms with Crippen molar-refractivity contribution in [3.8, 4) is 11.3 Å². The molecule has 5 nitrogen and oxygen atoms in total. The standard InChI is InChI=1S/C18H17FN4O/c1-20-10-15-3-2-13(8-17(15)19)9-22-23-16-6-4-14(5-7-16)18-11-21-12-24-18/h2-9,11-12,20,23H,10H2,1H3. The summed E-state index contributed by atoms with van der Waals surface area (Å²) in [5, 5.41) is 7.05. The topological polar surface area (TPSA) is 62.5 Å². The lowest BCUT2D eigenvalue weighted by Gasteiger charge is -2.03. The molecule has 0 unspecified atom stereocenters. The Morgan fingerprint density at radius 2 is 2.04 bits per heavy atom. The Labute approximate surface area is 139 Å². The third kappa shape index (κ3) is 3.85. The van der Waals surface area contributed by atoms with E-state index in [1.54, 1.807) is 25.5 Å². The van der Waals surface area contributed by atoms with E-state index in [2.05, 4.69) is 20.8 Å². The number of hydrogen-bond donors (Lipinski definition) is 2. The summed E-state index contributed by atoms with van der Waals surface area (Å²) in [6.07, 6.45) is 4.64. The summed E-state index contributed by atoms with van der Waals surface area (Å²) in [4.78, 5) is 3.89. The van der Waals surface area contributed by atoms with Gasteiger partial charge in [-0.3, -0.25) is 5.43 Å². The van der Waals surface area contributed by atoms with Crippen LogP contribution in [-0.4, -0.2) is 18.2 Å². The minimum atomic E-state index is -0.246. The number of benzene rings is 2. The molecule has 2 N–H and O–H groups in total. The van der Waals surface area contributed by atoms with Gasteiger partial charge in [-0.1, -0.05) is 12.1 Å². The Morgan fingerprint density at radius 1 is 1.21 bits per heavy atom. The highest BCUT2D eigenvalue weighted by Gasteiger charge is 2.02. The van der Waals surface area contributed by atoms with E-state index >= 15 is 0 Å². The number of hydrazone groups is 1. The first-order valence-corrected chi connectivity index (χ1v) is 7.47. The molecular weight excluding hydrogens is 307 g/mol. The first-order valence-electron chi connectivity index (χ1n) is 7.47. The lowest BCUT2D eigenvalue weighted by molar-refractivity contribution is 0.572. The predicted molar refractivity (Wildman–Crippen MR) is 92.3 cm³/mol. The fraction of sp³-hybridized carbons (Fsp3) is 0.111. The van der Waals surface area contributed by atoms with Crippen molar-refractivity contribution in [3.05, 3.63) is 72.0 Å². The quantitative estimate of drug-likeness (QED) is 0.537. The molecule has 3 aromatic rings. The normalized spacial score (nSPS) is 11.1.